The molecule has 122 valence electrons. The maximum Gasteiger partial charge on any atom is 0.349 e. The van der Waals surface area contributed by atoms with Crippen molar-refractivity contribution in [3.05, 3.63) is 67.7 Å². The van der Waals surface area contributed by atoms with E-state index in [4.69, 9.17) is 0 Å². The van der Waals surface area contributed by atoms with Crippen LogP contribution in [0.2, 0.25) is 0 Å². The molecule has 0 bridgehead atoms. The van der Waals surface area contributed by atoms with E-state index in [-0.39, 0.29) is 11.2 Å². The van der Waals surface area contributed by atoms with E-state index in [0.717, 1.165) is 5.56 Å². The zero-order valence-corrected chi connectivity index (χ0v) is 14.1. The van der Waals surface area contributed by atoms with Gasteiger partial charge in [-0.1, -0.05) is 38.1 Å². The average Bonchev–Trinajstić information content (AvgIpc) is 3.18. The highest BCUT2D eigenvalue weighted by Gasteiger charge is 2.15. The Morgan fingerprint density at radius 2 is 1.92 bits per heavy atom. The van der Waals surface area contributed by atoms with E-state index in [1.54, 1.807) is 10.6 Å². The number of benzene rings is 1. The Labute approximate surface area is 141 Å². The summed E-state index contributed by atoms with van der Waals surface area (Å²) >= 11 is 1.34. The molecule has 0 spiro atoms. The lowest BCUT2D eigenvalue weighted by atomic mass is 10.0. The first-order chi connectivity index (χ1) is 11.6. The molecule has 0 unspecified atom stereocenters. The third kappa shape index (κ3) is 2.20. The number of hydrogen-bond acceptors (Lipinski definition) is 4. The Kier molecular flexibility index (Phi) is 3.38. The van der Waals surface area contributed by atoms with Crippen LogP contribution in [0.15, 0.2) is 45.3 Å². The Bertz CT molecular complexity index is 1150. The first-order valence-corrected chi connectivity index (χ1v) is 8.60. The van der Waals surface area contributed by atoms with Crippen LogP contribution in [0.25, 0.3) is 16.0 Å². The first kappa shape index (κ1) is 14.9. The lowest BCUT2D eigenvalue weighted by Crippen LogP contribution is -2.25. The quantitative estimate of drug-likeness (QED) is 0.623. The van der Waals surface area contributed by atoms with Crippen molar-refractivity contribution in [3.63, 3.8) is 0 Å². The molecule has 0 aliphatic rings. The van der Waals surface area contributed by atoms with Crippen molar-refractivity contribution in [2.24, 2.45) is 0 Å². The third-order valence-corrected chi connectivity index (χ3v) is 5.10. The summed E-state index contributed by atoms with van der Waals surface area (Å²) in [5.74, 6) is 0.796. The largest absolute Gasteiger partial charge is 0.349 e. The standard InChI is InChI=1S/C17H16N4O2S/c1-10(2)12-5-3-11(4-6-12)9-20-15(22)14-13(7-8-24-14)21-16(20)18-19-17(21)23/h3-8,10H,9H2,1-2H3,(H,19,23). The summed E-state index contributed by atoms with van der Waals surface area (Å²) in [6, 6.07) is 9.95. The number of hydrogen-bond donors (Lipinski definition) is 1. The summed E-state index contributed by atoms with van der Waals surface area (Å²) in [5, 5.41) is 8.29. The van der Waals surface area contributed by atoms with Gasteiger partial charge < -0.3 is 0 Å². The fourth-order valence-electron chi connectivity index (χ4n) is 2.87. The van der Waals surface area contributed by atoms with Crippen LogP contribution in [0.5, 0.6) is 0 Å². The van der Waals surface area contributed by atoms with Gasteiger partial charge in [0, 0.05) is 0 Å². The Morgan fingerprint density at radius 3 is 2.62 bits per heavy atom. The summed E-state index contributed by atoms with van der Waals surface area (Å²) in [6.07, 6.45) is 0. The normalized spacial score (nSPS) is 11.8. The number of nitrogens with one attached hydrogen (secondary N) is 1. The molecule has 0 amide bonds. The Morgan fingerprint density at radius 1 is 1.17 bits per heavy atom. The van der Waals surface area contributed by atoms with Crippen LogP contribution in [0, 0.1) is 0 Å². The fraction of sp³-hybridized carbons (Fsp3) is 0.235. The fourth-order valence-corrected chi connectivity index (χ4v) is 3.70. The Hall–Kier alpha value is -2.67. The highest BCUT2D eigenvalue weighted by atomic mass is 32.1. The molecule has 0 atom stereocenters. The van der Waals surface area contributed by atoms with E-state index in [2.05, 4.69) is 36.2 Å². The highest BCUT2D eigenvalue weighted by molar-refractivity contribution is 7.17. The topological polar surface area (TPSA) is 72.2 Å². The summed E-state index contributed by atoms with van der Waals surface area (Å²) in [4.78, 5) is 24.9. The van der Waals surface area contributed by atoms with Gasteiger partial charge in [-0.05, 0) is 28.5 Å². The Balaban J connectivity index is 1.90. The SMILES string of the molecule is CC(C)c1ccc(Cn2c(=O)c3sccc3n3c(=O)[nH]nc23)cc1. The number of fused-ring (bicyclic) bond motifs is 3. The number of aromatic nitrogens is 4. The molecule has 1 N–H and O–H groups in total. The van der Waals surface area contributed by atoms with Gasteiger partial charge in [0.2, 0.25) is 5.78 Å². The van der Waals surface area contributed by atoms with Gasteiger partial charge in [-0.3, -0.25) is 9.36 Å². The third-order valence-electron chi connectivity index (χ3n) is 4.21. The van der Waals surface area contributed by atoms with Crippen molar-refractivity contribution in [3.8, 4) is 0 Å². The lowest BCUT2D eigenvalue weighted by Gasteiger charge is -2.10. The van der Waals surface area contributed by atoms with Crippen LogP contribution in [0.4, 0.5) is 0 Å². The van der Waals surface area contributed by atoms with E-state index < -0.39 is 0 Å². The lowest BCUT2D eigenvalue weighted by molar-refractivity contribution is 0.765. The summed E-state index contributed by atoms with van der Waals surface area (Å²) < 4.78 is 3.56. The number of nitrogens with zero attached hydrogens (tertiary/aromatic N) is 3. The van der Waals surface area contributed by atoms with Crippen LogP contribution < -0.4 is 11.2 Å². The van der Waals surface area contributed by atoms with Gasteiger partial charge in [-0.2, -0.15) is 0 Å². The molecular formula is C17H16N4O2S. The van der Waals surface area contributed by atoms with Crippen molar-refractivity contribution in [2.45, 2.75) is 26.3 Å². The van der Waals surface area contributed by atoms with Gasteiger partial charge in [0.1, 0.15) is 4.70 Å². The van der Waals surface area contributed by atoms with E-state index in [0.29, 0.717) is 28.5 Å². The monoisotopic (exact) mass is 340 g/mol. The molecule has 4 aromatic rings. The molecule has 0 radical (unpaired) electrons. The summed E-state index contributed by atoms with van der Waals surface area (Å²) in [7, 11) is 0. The first-order valence-electron chi connectivity index (χ1n) is 7.72. The maximum absolute atomic E-state index is 12.8. The smallest absolute Gasteiger partial charge is 0.271 e. The molecule has 3 heterocycles. The predicted octanol–water partition coefficient (Wildman–Crippen LogP) is 2.57. The second-order valence-corrected chi connectivity index (χ2v) is 7.00. The van der Waals surface area contributed by atoms with Crippen molar-refractivity contribution < 1.29 is 0 Å². The van der Waals surface area contributed by atoms with Gasteiger partial charge in [0.05, 0.1) is 12.1 Å². The molecular weight excluding hydrogens is 324 g/mol. The van der Waals surface area contributed by atoms with Crippen LogP contribution in [0.3, 0.4) is 0 Å². The zero-order chi connectivity index (χ0) is 16.8. The van der Waals surface area contributed by atoms with Gasteiger partial charge in [0.15, 0.2) is 0 Å². The highest BCUT2D eigenvalue weighted by Crippen LogP contribution is 2.18. The molecule has 0 saturated carbocycles. The van der Waals surface area contributed by atoms with Crippen LogP contribution in [-0.4, -0.2) is 19.2 Å². The van der Waals surface area contributed by atoms with Gasteiger partial charge in [-0.15, -0.1) is 16.4 Å². The molecule has 24 heavy (non-hydrogen) atoms. The minimum atomic E-state index is -0.336. The molecule has 0 fully saturated rings. The molecule has 0 aliphatic heterocycles. The second-order valence-electron chi connectivity index (χ2n) is 6.09. The number of thiophene rings is 1. The summed E-state index contributed by atoms with van der Waals surface area (Å²) in [5.41, 5.74) is 2.39. The molecule has 3 aromatic heterocycles. The average molecular weight is 340 g/mol. The molecule has 4 rings (SSSR count). The van der Waals surface area contributed by atoms with Gasteiger partial charge >= 0.3 is 5.69 Å². The van der Waals surface area contributed by atoms with Crippen LogP contribution in [-0.2, 0) is 6.54 Å². The van der Waals surface area contributed by atoms with Crippen molar-refractivity contribution in [1.82, 2.24) is 19.2 Å². The van der Waals surface area contributed by atoms with Crippen molar-refractivity contribution in [1.29, 1.82) is 0 Å². The number of aromatic amines is 1. The van der Waals surface area contributed by atoms with E-state index >= 15 is 0 Å². The van der Waals surface area contributed by atoms with Crippen LogP contribution >= 0.6 is 11.3 Å². The predicted molar refractivity (Wildman–Crippen MR) is 95.1 cm³/mol. The van der Waals surface area contributed by atoms with E-state index in [1.807, 2.05) is 17.5 Å². The summed E-state index contributed by atoms with van der Waals surface area (Å²) in [6.45, 7) is 4.66. The van der Waals surface area contributed by atoms with Gasteiger partial charge in [0.25, 0.3) is 5.56 Å². The molecule has 6 nitrogen and oxygen atoms in total. The molecule has 0 aliphatic carbocycles. The molecule has 7 heteroatoms. The minimum Gasteiger partial charge on any atom is -0.271 e. The molecule has 1 aromatic carbocycles. The van der Waals surface area contributed by atoms with E-state index in [1.165, 1.54) is 21.3 Å². The van der Waals surface area contributed by atoms with Crippen molar-refractivity contribution >= 4 is 27.3 Å². The van der Waals surface area contributed by atoms with E-state index in [9.17, 15) is 9.59 Å². The molecule has 0 saturated heterocycles. The van der Waals surface area contributed by atoms with Crippen molar-refractivity contribution in [2.75, 3.05) is 0 Å². The maximum atomic E-state index is 12.8. The minimum absolute atomic E-state index is 0.126. The number of H-pyrrole nitrogens is 1. The van der Waals surface area contributed by atoms with Gasteiger partial charge in [-0.25, -0.2) is 14.3 Å². The zero-order valence-electron chi connectivity index (χ0n) is 13.3. The number of rotatable bonds is 3. The second kappa shape index (κ2) is 5.45. The van der Waals surface area contributed by atoms with Crippen LogP contribution in [0.1, 0.15) is 30.9 Å².